The van der Waals surface area contributed by atoms with Crippen LogP contribution in [0, 0.1) is 13.8 Å². The molecule has 1 aromatic carbocycles. The van der Waals surface area contributed by atoms with E-state index in [9.17, 15) is 8.42 Å². The number of aryl methyl sites for hydroxylation is 2. The van der Waals surface area contributed by atoms with Gasteiger partial charge in [-0.1, -0.05) is 29.8 Å². The highest BCUT2D eigenvalue weighted by Gasteiger charge is 2.23. The summed E-state index contributed by atoms with van der Waals surface area (Å²) >= 11 is 0. The molecule has 5 nitrogen and oxygen atoms in total. The molecular formula is C13H17N3O2S. The van der Waals surface area contributed by atoms with Crippen molar-refractivity contribution in [3.8, 4) is 11.3 Å². The highest BCUT2D eigenvalue weighted by Crippen LogP contribution is 2.23. The Morgan fingerprint density at radius 2 is 1.68 bits per heavy atom. The molecule has 19 heavy (non-hydrogen) atoms. The standard InChI is InChI=1S/C13H17N3O2S/c1-10-5-7-12(8-6-10)13-9-14-11(2)16(13)19(17,18)15(3)4/h5-9H,1-4H3. The van der Waals surface area contributed by atoms with Crippen LogP contribution in [0.15, 0.2) is 30.5 Å². The monoisotopic (exact) mass is 279 g/mol. The largest absolute Gasteiger partial charge is 0.308 e. The Kier molecular flexibility index (Phi) is 3.47. The fourth-order valence-corrected chi connectivity index (χ4v) is 2.91. The van der Waals surface area contributed by atoms with E-state index in [0.717, 1.165) is 11.1 Å². The molecule has 6 heteroatoms. The maximum atomic E-state index is 12.3. The maximum Gasteiger partial charge on any atom is 0.308 e. The lowest BCUT2D eigenvalue weighted by molar-refractivity contribution is 0.510. The SMILES string of the molecule is Cc1ccc(-c2cnc(C)n2S(=O)(=O)N(C)C)cc1. The number of hydrogen-bond acceptors (Lipinski definition) is 3. The van der Waals surface area contributed by atoms with Gasteiger partial charge in [0.2, 0.25) is 0 Å². The van der Waals surface area contributed by atoms with Crippen molar-refractivity contribution in [3.63, 3.8) is 0 Å². The minimum Gasteiger partial charge on any atom is -0.240 e. The molecule has 0 fully saturated rings. The Morgan fingerprint density at radius 3 is 2.21 bits per heavy atom. The van der Waals surface area contributed by atoms with E-state index >= 15 is 0 Å². The summed E-state index contributed by atoms with van der Waals surface area (Å²) in [6, 6.07) is 7.69. The van der Waals surface area contributed by atoms with Gasteiger partial charge in [0, 0.05) is 19.7 Å². The van der Waals surface area contributed by atoms with Crippen LogP contribution in [0.2, 0.25) is 0 Å². The van der Waals surface area contributed by atoms with Gasteiger partial charge in [-0.2, -0.15) is 12.7 Å². The fraction of sp³-hybridized carbons (Fsp3) is 0.308. The van der Waals surface area contributed by atoms with E-state index in [-0.39, 0.29) is 0 Å². The molecule has 1 aromatic heterocycles. The predicted octanol–water partition coefficient (Wildman–Crippen LogP) is 1.82. The number of imidazole rings is 1. The third kappa shape index (κ3) is 2.41. The molecule has 0 aliphatic rings. The highest BCUT2D eigenvalue weighted by molar-refractivity contribution is 7.87. The summed E-state index contributed by atoms with van der Waals surface area (Å²) in [6.45, 7) is 3.67. The van der Waals surface area contributed by atoms with Crippen molar-refractivity contribution in [2.45, 2.75) is 13.8 Å². The van der Waals surface area contributed by atoms with Crippen LogP contribution in [0.3, 0.4) is 0 Å². The Morgan fingerprint density at radius 1 is 1.11 bits per heavy atom. The van der Waals surface area contributed by atoms with E-state index in [4.69, 9.17) is 0 Å². The van der Waals surface area contributed by atoms with Crippen LogP contribution < -0.4 is 0 Å². The van der Waals surface area contributed by atoms with E-state index in [2.05, 4.69) is 4.98 Å². The van der Waals surface area contributed by atoms with Gasteiger partial charge in [0.1, 0.15) is 5.82 Å². The number of benzene rings is 1. The lowest BCUT2D eigenvalue weighted by atomic mass is 10.1. The zero-order chi connectivity index (χ0) is 14.2. The van der Waals surface area contributed by atoms with Crippen molar-refractivity contribution in [2.75, 3.05) is 14.1 Å². The average Bonchev–Trinajstić information content (AvgIpc) is 2.72. The molecule has 0 aliphatic carbocycles. The third-order valence-electron chi connectivity index (χ3n) is 2.93. The molecule has 0 unspecified atom stereocenters. The fourth-order valence-electron chi connectivity index (χ4n) is 1.80. The van der Waals surface area contributed by atoms with Crippen molar-refractivity contribution >= 4 is 10.2 Å². The first kappa shape index (κ1) is 13.8. The van der Waals surface area contributed by atoms with Gasteiger partial charge in [0.05, 0.1) is 11.9 Å². The lowest BCUT2D eigenvalue weighted by Gasteiger charge is -2.16. The zero-order valence-electron chi connectivity index (χ0n) is 11.5. The molecule has 0 atom stereocenters. The minimum atomic E-state index is -3.57. The van der Waals surface area contributed by atoms with Gasteiger partial charge in [0.15, 0.2) is 0 Å². The zero-order valence-corrected chi connectivity index (χ0v) is 12.3. The maximum absolute atomic E-state index is 12.3. The Labute approximate surface area is 113 Å². The van der Waals surface area contributed by atoms with Crippen molar-refractivity contribution in [1.82, 2.24) is 13.3 Å². The number of rotatable bonds is 3. The molecule has 2 aromatic rings. The molecule has 0 saturated carbocycles. The second-order valence-electron chi connectivity index (χ2n) is 4.61. The smallest absolute Gasteiger partial charge is 0.240 e. The molecule has 0 radical (unpaired) electrons. The Hall–Kier alpha value is -1.66. The van der Waals surface area contributed by atoms with Crippen LogP contribution in [0.4, 0.5) is 0 Å². The van der Waals surface area contributed by atoms with Crippen LogP contribution in [-0.4, -0.2) is 35.8 Å². The van der Waals surface area contributed by atoms with Crippen molar-refractivity contribution < 1.29 is 8.42 Å². The van der Waals surface area contributed by atoms with Gasteiger partial charge < -0.3 is 0 Å². The van der Waals surface area contributed by atoms with E-state index < -0.39 is 10.2 Å². The first-order valence-corrected chi connectivity index (χ1v) is 7.28. The van der Waals surface area contributed by atoms with Crippen molar-refractivity contribution in [3.05, 3.63) is 41.9 Å². The van der Waals surface area contributed by atoms with E-state index in [1.165, 1.54) is 22.4 Å². The summed E-state index contributed by atoms with van der Waals surface area (Å²) in [4.78, 5) is 4.12. The first-order chi connectivity index (χ1) is 8.84. The van der Waals surface area contributed by atoms with Crippen LogP contribution in [-0.2, 0) is 10.2 Å². The minimum absolute atomic E-state index is 0.448. The van der Waals surface area contributed by atoms with Gasteiger partial charge in [0.25, 0.3) is 0 Å². The molecular weight excluding hydrogens is 262 g/mol. The molecule has 0 bridgehead atoms. The molecule has 1 heterocycles. The van der Waals surface area contributed by atoms with Crippen molar-refractivity contribution in [2.24, 2.45) is 0 Å². The van der Waals surface area contributed by atoms with E-state index in [1.54, 1.807) is 13.1 Å². The van der Waals surface area contributed by atoms with Gasteiger partial charge >= 0.3 is 10.2 Å². The summed E-state index contributed by atoms with van der Waals surface area (Å²) in [6.07, 6.45) is 1.58. The Balaban J connectivity index is 2.65. The molecule has 0 aliphatic heterocycles. The summed E-state index contributed by atoms with van der Waals surface area (Å²) in [5.74, 6) is 0.448. The molecule has 2 rings (SSSR count). The van der Waals surface area contributed by atoms with Crippen LogP contribution in [0.5, 0.6) is 0 Å². The average molecular weight is 279 g/mol. The molecule has 0 spiro atoms. The number of hydrogen-bond donors (Lipinski definition) is 0. The van der Waals surface area contributed by atoms with Gasteiger partial charge in [-0.15, -0.1) is 0 Å². The normalized spacial score (nSPS) is 12.1. The van der Waals surface area contributed by atoms with Crippen LogP contribution >= 0.6 is 0 Å². The molecule has 102 valence electrons. The second-order valence-corrected chi connectivity index (χ2v) is 6.60. The first-order valence-electron chi connectivity index (χ1n) is 5.88. The highest BCUT2D eigenvalue weighted by atomic mass is 32.2. The third-order valence-corrected chi connectivity index (χ3v) is 4.77. The Bertz CT molecular complexity index is 685. The summed E-state index contributed by atoms with van der Waals surface area (Å²) in [5.41, 5.74) is 2.53. The van der Waals surface area contributed by atoms with E-state index in [1.807, 2.05) is 31.2 Å². The van der Waals surface area contributed by atoms with Crippen LogP contribution in [0.1, 0.15) is 11.4 Å². The van der Waals surface area contributed by atoms with Crippen molar-refractivity contribution in [1.29, 1.82) is 0 Å². The van der Waals surface area contributed by atoms with Gasteiger partial charge in [-0.25, -0.2) is 8.96 Å². The topological polar surface area (TPSA) is 55.2 Å². The molecule has 0 saturated heterocycles. The van der Waals surface area contributed by atoms with Gasteiger partial charge in [-0.3, -0.25) is 0 Å². The summed E-state index contributed by atoms with van der Waals surface area (Å²) < 4.78 is 27.1. The summed E-state index contributed by atoms with van der Waals surface area (Å²) in [7, 11) is -0.550. The van der Waals surface area contributed by atoms with Crippen LogP contribution in [0.25, 0.3) is 11.3 Å². The lowest BCUT2D eigenvalue weighted by Crippen LogP contribution is -2.30. The molecule has 0 amide bonds. The number of nitrogens with zero attached hydrogens (tertiary/aromatic N) is 3. The summed E-state index contributed by atoms with van der Waals surface area (Å²) in [5, 5.41) is 0. The number of aromatic nitrogens is 2. The predicted molar refractivity (Wildman–Crippen MR) is 75.1 cm³/mol. The van der Waals surface area contributed by atoms with E-state index in [0.29, 0.717) is 11.5 Å². The quantitative estimate of drug-likeness (QED) is 0.861. The van der Waals surface area contributed by atoms with Gasteiger partial charge in [-0.05, 0) is 13.8 Å². The molecule has 0 N–H and O–H groups in total. The second kappa shape index (κ2) is 4.79.